The summed E-state index contributed by atoms with van der Waals surface area (Å²) >= 11 is 0. The van der Waals surface area contributed by atoms with E-state index in [2.05, 4.69) is 5.32 Å². The van der Waals surface area contributed by atoms with Crippen LogP contribution in [0.5, 0.6) is 5.75 Å². The number of hydrogen-bond acceptors (Lipinski definition) is 3. The largest absolute Gasteiger partial charge is 0.507 e. The van der Waals surface area contributed by atoms with Crippen molar-refractivity contribution in [2.24, 2.45) is 0 Å². The monoisotopic (exact) mass is 277 g/mol. The highest BCUT2D eigenvalue weighted by Gasteiger charge is 2.28. The smallest absolute Gasteiger partial charge is 0.255 e. The van der Waals surface area contributed by atoms with Crippen LogP contribution in [0, 0.1) is 6.92 Å². The van der Waals surface area contributed by atoms with E-state index in [1.165, 1.54) is 0 Å². The van der Waals surface area contributed by atoms with E-state index in [9.17, 15) is 15.0 Å². The molecule has 0 heterocycles. The summed E-state index contributed by atoms with van der Waals surface area (Å²) in [4.78, 5) is 12.1. The van der Waals surface area contributed by atoms with Crippen LogP contribution in [0.2, 0.25) is 0 Å². The Morgan fingerprint density at radius 3 is 2.55 bits per heavy atom. The molecule has 1 fully saturated rings. The summed E-state index contributed by atoms with van der Waals surface area (Å²) in [5.74, 6) is -0.318. The summed E-state index contributed by atoms with van der Waals surface area (Å²) in [6.45, 7) is 2.00. The van der Waals surface area contributed by atoms with Crippen molar-refractivity contribution in [1.82, 2.24) is 5.32 Å². The lowest BCUT2D eigenvalue weighted by Crippen LogP contribution is -2.42. The fraction of sp³-hybridized carbons (Fsp3) is 0.562. The Labute approximate surface area is 119 Å². The zero-order chi connectivity index (χ0) is 14.6. The molecule has 20 heavy (non-hydrogen) atoms. The van der Waals surface area contributed by atoms with Gasteiger partial charge in [-0.3, -0.25) is 4.79 Å². The number of benzene rings is 1. The maximum absolute atomic E-state index is 12.1. The predicted molar refractivity (Wildman–Crippen MR) is 77.8 cm³/mol. The first-order valence-corrected chi connectivity index (χ1v) is 7.31. The Kier molecular flexibility index (Phi) is 4.65. The molecule has 2 rings (SSSR count). The number of aromatic hydroxyl groups is 1. The lowest BCUT2D eigenvalue weighted by Gasteiger charge is -2.26. The minimum atomic E-state index is -0.800. The number of carbonyl (C=O) groups is 1. The number of aryl methyl sites for hydroxylation is 1. The molecule has 3 N–H and O–H groups in total. The van der Waals surface area contributed by atoms with Crippen LogP contribution in [0.4, 0.5) is 0 Å². The van der Waals surface area contributed by atoms with Crippen molar-refractivity contribution in [1.29, 1.82) is 0 Å². The standard InChI is InChI=1S/C16H23NO3/c1-12-7-6-8-13(14(12)18)15(19)17-11-16(20)9-4-2-3-5-10-16/h6-8,18,20H,2-5,9-11H2,1H3,(H,17,19). The number of carbonyl (C=O) groups excluding carboxylic acids is 1. The number of phenolic OH excluding ortho intramolecular Hbond substituents is 1. The molecule has 0 aliphatic heterocycles. The number of para-hydroxylation sites is 1. The van der Waals surface area contributed by atoms with Gasteiger partial charge in [-0.15, -0.1) is 0 Å². The molecular formula is C16H23NO3. The summed E-state index contributed by atoms with van der Waals surface area (Å²) in [6, 6.07) is 5.09. The van der Waals surface area contributed by atoms with Gasteiger partial charge in [0.1, 0.15) is 5.75 Å². The Bertz CT molecular complexity index is 477. The number of amides is 1. The van der Waals surface area contributed by atoms with Crippen LogP contribution in [-0.4, -0.2) is 28.3 Å². The van der Waals surface area contributed by atoms with Gasteiger partial charge in [0.2, 0.25) is 0 Å². The maximum Gasteiger partial charge on any atom is 0.255 e. The van der Waals surface area contributed by atoms with Gasteiger partial charge in [0.15, 0.2) is 0 Å². The molecular weight excluding hydrogens is 254 g/mol. The van der Waals surface area contributed by atoms with E-state index < -0.39 is 5.60 Å². The van der Waals surface area contributed by atoms with E-state index in [4.69, 9.17) is 0 Å². The van der Waals surface area contributed by atoms with E-state index in [1.54, 1.807) is 25.1 Å². The van der Waals surface area contributed by atoms with Gasteiger partial charge in [-0.05, 0) is 31.4 Å². The molecule has 1 amide bonds. The highest BCUT2D eigenvalue weighted by Crippen LogP contribution is 2.27. The minimum Gasteiger partial charge on any atom is -0.507 e. The first-order chi connectivity index (χ1) is 9.52. The molecule has 4 nitrogen and oxygen atoms in total. The van der Waals surface area contributed by atoms with Crippen LogP contribution in [0.1, 0.15) is 54.4 Å². The van der Waals surface area contributed by atoms with Crippen LogP contribution < -0.4 is 5.32 Å². The van der Waals surface area contributed by atoms with Gasteiger partial charge in [-0.2, -0.15) is 0 Å². The first kappa shape index (κ1) is 14.9. The van der Waals surface area contributed by atoms with Gasteiger partial charge in [0, 0.05) is 6.54 Å². The number of aliphatic hydroxyl groups is 1. The first-order valence-electron chi connectivity index (χ1n) is 7.31. The zero-order valence-corrected chi connectivity index (χ0v) is 12.0. The average molecular weight is 277 g/mol. The van der Waals surface area contributed by atoms with E-state index in [0.717, 1.165) is 38.5 Å². The number of nitrogens with one attached hydrogen (secondary N) is 1. The summed E-state index contributed by atoms with van der Waals surface area (Å²) < 4.78 is 0. The predicted octanol–water partition coefficient (Wildman–Crippen LogP) is 2.52. The van der Waals surface area contributed by atoms with E-state index >= 15 is 0 Å². The molecule has 1 aliphatic rings. The van der Waals surface area contributed by atoms with Crippen molar-refractivity contribution in [3.8, 4) is 5.75 Å². The Morgan fingerprint density at radius 2 is 1.90 bits per heavy atom. The van der Waals surface area contributed by atoms with Gasteiger partial charge in [0.25, 0.3) is 5.91 Å². The number of phenols is 1. The van der Waals surface area contributed by atoms with Gasteiger partial charge >= 0.3 is 0 Å². The molecule has 1 aromatic rings. The molecule has 0 radical (unpaired) electrons. The second-order valence-electron chi connectivity index (χ2n) is 5.79. The number of hydrogen-bond donors (Lipinski definition) is 3. The zero-order valence-electron chi connectivity index (χ0n) is 12.0. The van der Waals surface area contributed by atoms with Crippen LogP contribution in [-0.2, 0) is 0 Å². The molecule has 0 bridgehead atoms. The molecule has 1 aromatic carbocycles. The Morgan fingerprint density at radius 1 is 1.25 bits per heavy atom. The van der Waals surface area contributed by atoms with Crippen molar-refractivity contribution in [3.05, 3.63) is 29.3 Å². The highest BCUT2D eigenvalue weighted by atomic mass is 16.3. The third-order valence-electron chi connectivity index (χ3n) is 4.09. The Balaban J connectivity index is 1.99. The molecule has 4 heteroatoms. The van der Waals surface area contributed by atoms with Crippen LogP contribution in [0.15, 0.2) is 18.2 Å². The molecule has 0 atom stereocenters. The van der Waals surface area contributed by atoms with E-state index in [1.807, 2.05) is 0 Å². The fourth-order valence-electron chi connectivity index (χ4n) is 2.75. The van der Waals surface area contributed by atoms with E-state index in [-0.39, 0.29) is 23.8 Å². The van der Waals surface area contributed by atoms with E-state index in [0.29, 0.717) is 5.56 Å². The summed E-state index contributed by atoms with van der Waals surface area (Å²) in [6.07, 6.45) is 5.76. The molecule has 0 saturated heterocycles. The third kappa shape index (κ3) is 3.51. The lowest BCUT2D eigenvalue weighted by atomic mass is 9.94. The highest BCUT2D eigenvalue weighted by molar-refractivity contribution is 5.97. The molecule has 110 valence electrons. The normalized spacial score (nSPS) is 18.3. The lowest BCUT2D eigenvalue weighted by molar-refractivity contribution is 0.0246. The molecule has 1 aliphatic carbocycles. The van der Waals surface area contributed by atoms with Gasteiger partial charge in [0.05, 0.1) is 11.2 Å². The van der Waals surface area contributed by atoms with Crippen molar-refractivity contribution in [3.63, 3.8) is 0 Å². The second kappa shape index (κ2) is 6.27. The van der Waals surface area contributed by atoms with Gasteiger partial charge in [-0.25, -0.2) is 0 Å². The topological polar surface area (TPSA) is 69.6 Å². The van der Waals surface area contributed by atoms with Crippen molar-refractivity contribution in [2.75, 3.05) is 6.54 Å². The van der Waals surface area contributed by atoms with Crippen molar-refractivity contribution in [2.45, 2.75) is 51.0 Å². The minimum absolute atomic E-state index is 0.0119. The Hall–Kier alpha value is -1.55. The van der Waals surface area contributed by atoms with Crippen LogP contribution >= 0.6 is 0 Å². The number of rotatable bonds is 3. The molecule has 0 unspecified atom stereocenters. The van der Waals surface area contributed by atoms with Crippen molar-refractivity contribution >= 4 is 5.91 Å². The summed E-state index contributed by atoms with van der Waals surface area (Å²) in [7, 11) is 0. The van der Waals surface area contributed by atoms with Gasteiger partial charge < -0.3 is 15.5 Å². The summed E-state index contributed by atoms with van der Waals surface area (Å²) in [5.41, 5.74) is 0.138. The maximum atomic E-state index is 12.1. The fourth-order valence-corrected chi connectivity index (χ4v) is 2.75. The third-order valence-corrected chi connectivity index (χ3v) is 4.09. The summed E-state index contributed by atoms with van der Waals surface area (Å²) in [5, 5.41) is 23.1. The SMILES string of the molecule is Cc1cccc(C(=O)NCC2(O)CCCCCC2)c1O. The van der Waals surface area contributed by atoms with Crippen LogP contribution in [0.3, 0.4) is 0 Å². The quantitative estimate of drug-likeness (QED) is 0.744. The molecule has 1 saturated carbocycles. The second-order valence-corrected chi connectivity index (χ2v) is 5.79. The van der Waals surface area contributed by atoms with Crippen LogP contribution in [0.25, 0.3) is 0 Å². The average Bonchev–Trinajstić information content (AvgIpc) is 2.65. The van der Waals surface area contributed by atoms with Crippen molar-refractivity contribution < 1.29 is 15.0 Å². The van der Waals surface area contributed by atoms with Gasteiger partial charge in [-0.1, -0.05) is 37.8 Å². The molecule has 0 aromatic heterocycles. The molecule has 0 spiro atoms.